The number of amides is 1. The maximum atomic E-state index is 13.9. The third kappa shape index (κ3) is 7.47. The number of nitrogens with one attached hydrogen (secondary N) is 2. The molecule has 1 atom stereocenters. The van der Waals surface area contributed by atoms with Gasteiger partial charge in [-0.3, -0.25) is 4.79 Å². The minimum Gasteiger partial charge on any atom is -0.356 e. The van der Waals surface area contributed by atoms with Crippen LogP contribution in [0.2, 0.25) is 0 Å². The van der Waals surface area contributed by atoms with E-state index in [-0.39, 0.29) is 48.3 Å². The summed E-state index contributed by atoms with van der Waals surface area (Å²) in [4.78, 5) is 23.8. The van der Waals surface area contributed by atoms with Crippen molar-refractivity contribution in [3.63, 3.8) is 0 Å². The van der Waals surface area contributed by atoms with Crippen LogP contribution < -0.4 is 15.5 Å². The van der Waals surface area contributed by atoms with Crippen LogP contribution in [0.5, 0.6) is 0 Å². The molecule has 0 bridgehead atoms. The molecule has 1 fully saturated rings. The first-order valence-electron chi connectivity index (χ1n) is 9.11. The molecular formula is C18H30FIN6O. The number of carbonyl (C=O) groups excluding carboxylic acids is 1. The molecule has 0 aromatic carbocycles. The number of likely N-dealkylation sites (N-methyl/N-ethyl adjacent to an activating group) is 1. The van der Waals surface area contributed by atoms with Crippen LogP contribution in [0.25, 0.3) is 0 Å². The fraction of sp³-hybridized carbons (Fsp3) is 0.611. The molecule has 0 radical (unpaired) electrons. The van der Waals surface area contributed by atoms with E-state index in [0.29, 0.717) is 18.3 Å². The van der Waals surface area contributed by atoms with E-state index in [9.17, 15) is 9.18 Å². The van der Waals surface area contributed by atoms with E-state index >= 15 is 0 Å². The van der Waals surface area contributed by atoms with E-state index in [0.717, 1.165) is 32.4 Å². The molecule has 7 nitrogen and oxygen atoms in total. The Morgan fingerprint density at radius 1 is 1.48 bits per heavy atom. The molecule has 1 aromatic rings. The van der Waals surface area contributed by atoms with Gasteiger partial charge in [-0.2, -0.15) is 0 Å². The molecule has 0 saturated carbocycles. The van der Waals surface area contributed by atoms with Gasteiger partial charge in [0.2, 0.25) is 5.91 Å². The van der Waals surface area contributed by atoms with Crippen LogP contribution in [0.15, 0.2) is 23.3 Å². The molecule has 0 spiro atoms. The lowest BCUT2D eigenvalue weighted by Gasteiger charge is -2.20. The normalized spacial score (nSPS) is 16.7. The number of aromatic nitrogens is 1. The number of pyridine rings is 1. The molecule has 0 aliphatic carbocycles. The molecule has 1 amide bonds. The summed E-state index contributed by atoms with van der Waals surface area (Å²) in [5.41, 5.74) is 0. The molecule has 1 saturated heterocycles. The van der Waals surface area contributed by atoms with Crippen molar-refractivity contribution in [2.24, 2.45) is 4.99 Å². The zero-order valence-corrected chi connectivity index (χ0v) is 18.6. The van der Waals surface area contributed by atoms with Gasteiger partial charge in [-0.25, -0.2) is 14.4 Å². The van der Waals surface area contributed by atoms with E-state index in [2.05, 4.69) is 27.5 Å². The fourth-order valence-corrected chi connectivity index (χ4v) is 2.70. The van der Waals surface area contributed by atoms with E-state index in [1.807, 2.05) is 4.90 Å². The molecule has 2 heterocycles. The number of guanidine groups is 1. The van der Waals surface area contributed by atoms with Gasteiger partial charge in [0.1, 0.15) is 6.54 Å². The van der Waals surface area contributed by atoms with Crippen molar-refractivity contribution in [1.29, 1.82) is 0 Å². The molecule has 2 N–H and O–H groups in total. The van der Waals surface area contributed by atoms with Crippen LogP contribution in [0.1, 0.15) is 26.2 Å². The summed E-state index contributed by atoms with van der Waals surface area (Å²) >= 11 is 0. The number of anilines is 1. The number of unbranched alkanes of at least 4 members (excludes halogenated alkanes) is 1. The van der Waals surface area contributed by atoms with Crippen LogP contribution in [0.4, 0.5) is 10.2 Å². The average Bonchev–Trinajstić information content (AvgIpc) is 3.08. The lowest BCUT2D eigenvalue weighted by molar-refractivity contribution is -0.127. The summed E-state index contributed by atoms with van der Waals surface area (Å²) in [6.07, 6.45) is 4.56. The molecule has 9 heteroatoms. The molecule has 1 aromatic heterocycles. The smallest absolute Gasteiger partial charge is 0.243 e. The predicted octanol–water partition coefficient (Wildman–Crippen LogP) is 1.84. The predicted molar refractivity (Wildman–Crippen MR) is 117 cm³/mol. The average molecular weight is 492 g/mol. The molecule has 2 rings (SSSR count). The Morgan fingerprint density at radius 3 is 2.93 bits per heavy atom. The van der Waals surface area contributed by atoms with Crippen LogP contribution in [0.3, 0.4) is 0 Å². The minimum atomic E-state index is -0.306. The van der Waals surface area contributed by atoms with E-state index in [4.69, 9.17) is 0 Å². The number of rotatable bonds is 7. The van der Waals surface area contributed by atoms with E-state index < -0.39 is 0 Å². The first kappa shape index (κ1) is 23.4. The van der Waals surface area contributed by atoms with Gasteiger partial charge in [0.15, 0.2) is 17.6 Å². The Kier molecular flexibility index (Phi) is 10.3. The lowest BCUT2D eigenvalue weighted by atomic mass is 10.3. The Bertz CT molecular complexity index is 628. The van der Waals surface area contributed by atoms with Crippen LogP contribution in [-0.4, -0.2) is 68.1 Å². The van der Waals surface area contributed by atoms with Crippen molar-refractivity contribution in [1.82, 2.24) is 20.5 Å². The summed E-state index contributed by atoms with van der Waals surface area (Å²) < 4.78 is 13.9. The number of hydrogen-bond donors (Lipinski definition) is 2. The quantitative estimate of drug-likeness (QED) is 0.263. The molecule has 27 heavy (non-hydrogen) atoms. The second-order valence-corrected chi connectivity index (χ2v) is 6.62. The summed E-state index contributed by atoms with van der Waals surface area (Å²) in [5.74, 6) is 0.656. The van der Waals surface area contributed by atoms with Crippen LogP contribution in [-0.2, 0) is 4.79 Å². The van der Waals surface area contributed by atoms with Crippen molar-refractivity contribution in [3.8, 4) is 0 Å². The molecule has 152 valence electrons. The van der Waals surface area contributed by atoms with Gasteiger partial charge in [0.25, 0.3) is 0 Å². The highest BCUT2D eigenvalue weighted by molar-refractivity contribution is 14.0. The third-order valence-electron chi connectivity index (χ3n) is 4.26. The van der Waals surface area contributed by atoms with Gasteiger partial charge in [-0.05, 0) is 25.0 Å². The second kappa shape index (κ2) is 11.9. The summed E-state index contributed by atoms with van der Waals surface area (Å²) in [5, 5.41) is 6.63. The Labute approximate surface area is 177 Å². The Hall–Kier alpha value is -1.65. The van der Waals surface area contributed by atoms with Crippen molar-refractivity contribution >= 4 is 41.7 Å². The van der Waals surface area contributed by atoms with Crippen molar-refractivity contribution in [3.05, 3.63) is 24.1 Å². The van der Waals surface area contributed by atoms with Gasteiger partial charge in [-0.1, -0.05) is 13.3 Å². The molecule has 1 aliphatic rings. The number of nitrogens with zero attached hydrogens (tertiary/aromatic N) is 4. The summed E-state index contributed by atoms with van der Waals surface area (Å²) in [6, 6.07) is 3.14. The highest BCUT2D eigenvalue weighted by Gasteiger charge is 2.26. The van der Waals surface area contributed by atoms with Crippen molar-refractivity contribution in [2.45, 2.75) is 32.2 Å². The van der Waals surface area contributed by atoms with Gasteiger partial charge in [0, 0.05) is 46.0 Å². The first-order valence-corrected chi connectivity index (χ1v) is 9.11. The number of carbonyl (C=O) groups is 1. The third-order valence-corrected chi connectivity index (χ3v) is 4.26. The van der Waals surface area contributed by atoms with E-state index in [1.165, 1.54) is 11.0 Å². The minimum absolute atomic E-state index is 0. The Morgan fingerprint density at radius 2 is 2.26 bits per heavy atom. The fourth-order valence-electron chi connectivity index (χ4n) is 2.70. The molecule has 1 aliphatic heterocycles. The van der Waals surface area contributed by atoms with Gasteiger partial charge in [0.05, 0.1) is 0 Å². The number of hydrogen-bond acceptors (Lipinski definition) is 4. The molecule has 1 unspecified atom stereocenters. The monoisotopic (exact) mass is 492 g/mol. The highest BCUT2D eigenvalue weighted by atomic mass is 127. The lowest BCUT2D eigenvalue weighted by Crippen LogP contribution is -2.45. The SMILES string of the molecule is CCCCNC(=NCC(=O)N(C)C)NC1CCN(c2ncccc2F)C1.I. The maximum Gasteiger partial charge on any atom is 0.243 e. The van der Waals surface area contributed by atoms with Gasteiger partial charge < -0.3 is 20.4 Å². The molecular weight excluding hydrogens is 462 g/mol. The topological polar surface area (TPSA) is 72.9 Å². The Balaban J connectivity index is 0.00000364. The standard InChI is InChI=1S/C18H29FN6O.HI/c1-4-5-9-21-18(22-12-16(26)24(2)3)23-14-8-11-25(13-14)17-15(19)7-6-10-20-17;/h6-7,10,14H,4-5,8-9,11-13H2,1-3H3,(H2,21,22,23);1H. The van der Waals surface area contributed by atoms with Crippen molar-refractivity contribution < 1.29 is 9.18 Å². The van der Waals surface area contributed by atoms with Crippen molar-refractivity contribution in [2.75, 3.05) is 45.2 Å². The van der Waals surface area contributed by atoms with Crippen LogP contribution in [0, 0.1) is 5.82 Å². The zero-order chi connectivity index (χ0) is 18.9. The van der Waals surface area contributed by atoms with E-state index in [1.54, 1.807) is 26.4 Å². The zero-order valence-electron chi connectivity index (χ0n) is 16.2. The highest BCUT2D eigenvalue weighted by Crippen LogP contribution is 2.20. The first-order chi connectivity index (χ1) is 12.5. The van der Waals surface area contributed by atoms with Gasteiger partial charge in [-0.15, -0.1) is 24.0 Å². The van der Waals surface area contributed by atoms with Gasteiger partial charge >= 0.3 is 0 Å². The largest absolute Gasteiger partial charge is 0.356 e. The number of aliphatic imine (C=N–C) groups is 1. The second-order valence-electron chi connectivity index (χ2n) is 6.62. The number of halogens is 2. The summed E-state index contributed by atoms with van der Waals surface area (Å²) in [6.45, 7) is 4.38. The van der Waals surface area contributed by atoms with Crippen LogP contribution >= 0.6 is 24.0 Å². The maximum absolute atomic E-state index is 13.9. The summed E-state index contributed by atoms with van der Waals surface area (Å²) in [7, 11) is 3.43.